The second kappa shape index (κ2) is 5.08. The van der Waals surface area contributed by atoms with Gasteiger partial charge in [0.2, 0.25) is 0 Å². The number of aryl methyl sites for hydroxylation is 1. The molecule has 6 heteroatoms. The molecule has 1 rings (SSSR count). The lowest BCUT2D eigenvalue weighted by molar-refractivity contribution is -0.138. The molecule has 0 heterocycles. The van der Waals surface area contributed by atoms with Crippen molar-refractivity contribution in [2.24, 2.45) is 0 Å². The molecule has 0 aliphatic rings. The number of halogens is 3. The van der Waals surface area contributed by atoms with Crippen molar-refractivity contribution in [2.45, 2.75) is 20.0 Å². The molecule has 0 radical (unpaired) electrons. The Morgan fingerprint density at radius 2 is 2.06 bits per heavy atom. The number of nitrogens with zero attached hydrogens (tertiary/aromatic N) is 1. The Morgan fingerprint density at radius 1 is 1.44 bits per heavy atom. The zero-order valence-electron chi connectivity index (χ0n) is 9.76. The van der Waals surface area contributed by atoms with Gasteiger partial charge in [-0.15, -0.1) is 0 Å². The molecule has 0 saturated carbocycles. The van der Waals surface area contributed by atoms with Gasteiger partial charge in [-0.1, -0.05) is 0 Å². The third-order valence-corrected chi connectivity index (χ3v) is 2.29. The van der Waals surface area contributed by atoms with Crippen molar-refractivity contribution < 1.29 is 22.7 Å². The first kappa shape index (κ1) is 14.0. The summed E-state index contributed by atoms with van der Waals surface area (Å²) in [6.45, 7) is 2.94. The number of carbonyl (C=O) groups is 1. The van der Waals surface area contributed by atoms with Gasteiger partial charge in [0.1, 0.15) is 0 Å². The van der Waals surface area contributed by atoms with Crippen LogP contribution in [0.2, 0.25) is 0 Å². The molecule has 3 nitrogen and oxygen atoms in total. The summed E-state index contributed by atoms with van der Waals surface area (Å²) in [5.74, 6) is -1.04. The Kier molecular flexibility index (Phi) is 3.96. The summed E-state index contributed by atoms with van der Waals surface area (Å²) in [4.78, 5) is 11.5. The van der Waals surface area contributed by atoms with Crippen LogP contribution < -0.4 is 0 Å². The maximum absolute atomic E-state index is 12.8. The first-order valence-corrected chi connectivity index (χ1v) is 5.10. The van der Waals surface area contributed by atoms with E-state index in [1.807, 2.05) is 0 Å². The second-order valence-electron chi connectivity index (χ2n) is 3.54. The molecule has 96 valence electrons. The van der Waals surface area contributed by atoms with Gasteiger partial charge in [0.25, 0.3) is 0 Å². The summed E-state index contributed by atoms with van der Waals surface area (Å²) in [5, 5.41) is 8.71. The van der Waals surface area contributed by atoms with Crippen LogP contribution in [0.15, 0.2) is 12.1 Å². The Labute approximate surface area is 102 Å². The monoisotopic (exact) mass is 257 g/mol. The average molecular weight is 257 g/mol. The highest BCUT2D eigenvalue weighted by Crippen LogP contribution is 2.34. The second-order valence-corrected chi connectivity index (χ2v) is 3.54. The van der Waals surface area contributed by atoms with Crippen LogP contribution in [0.4, 0.5) is 13.2 Å². The van der Waals surface area contributed by atoms with Gasteiger partial charge >= 0.3 is 12.1 Å². The number of ether oxygens (including phenoxy) is 1. The molecular weight excluding hydrogens is 247 g/mol. The van der Waals surface area contributed by atoms with Crippen LogP contribution in [0, 0.1) is 18.3 Å². The van der Waals surface area contributed by atoms with E-state index in [0.29, 0.717) is 11.6 Å². The topological polar surface area (TPSA) is 50.1 Å². The van der Waals surface area contributed by atoms with E-state index in [1.54, 1.807) is 6.07 Å². The van der Waals surface area contributed by atoms with E-state index in [-0.39, 0.29) is 12.2 Å². The number of rotatable bonds is 2. The molecule has 0 N–H and O–H groups in total. The smallest absolute Gasteiger partial charge is 0.417 e. The van der Waals surface area contributed by atoms with Gasteiger partial charge in [0, 0.05) is 0 Å². The predicted octanol–water partition coefficient (Wildman–Crippen LogP) is 3.06. The molecular formula is C12H10F3NO2. The Hall–Kier alpha value is -2.03. The van der Waals surface area contributed by atoms with Crippen molar-refractivity contribution in [3.05, 3.63) is 34.4 Å². The lowest BCUT2D eigenvalue weighted by Gasteiger charge is -2.13. The molecule has 0 saturated heterocycles. The number of hydrogen-bond acceptors (Lipinski definition) is 3. The van der Waals surface area contributed by atoms with Crippen molar-refractivity contribution >= 4 is 5.97 Å². The summed E-state index contributed by atoms with van der Waals surface area (Å²) in [6.07, 6.45) is -4.71. The van der Waals surface area contributed by atoms with E-state index < -0.39 is 23.3 Å². The molecule has 0 aliphatic heterocycles. The first-order chi connectivity index (χ1) is 8.31. The van der Waals surface area contributed by atoms with Crippen LogP contribution in [0.5, 0.6) is 0 Å². The van der Waals surface area contributed by atoms with Gasteiger partial charge in [-0.05, 0) is 31.5 Å². The largest absolute Gasteiger partial charge is 0.462 e. The maximum Gasteiger partial charge on any atom is 0.417 e. The lowest BCUT2D eigenvalue weighted by Crippen LogP contribution is -2.16. The molecule has 18 heavy (non-hydrogen) atoms. The third kappa shape index (κ3) is 2.80. The molecule has 0 spiro atoms. The Bertz CT molecular complexity index is 515. The van der Waals surface area contributed by atoms with Crippen LogP contribution in [0.25, 0.3) is 0 Å². The van der Waals surface area contributed by atoms with Crippen molar-refractivity contribution in [2.75, 3.05) is 6.61 Å². The van der Waals surface area contributed by atoms with Crippen molar-refractivity contribution in [3.63, 3.8) is 0 Å². The quantitative estimate of drug-likeness (QED) is 0.765. The minimum Gasteiger partial charge on any atom is -0.462 e. The summed E-state index contributed by atoms with van der Waals surface area (Å²) in [6, 6.07) is 3.35. The van der Waals surface area contributed by atoms with Gasteiger partial charge in [0.05, 0.1) is 29.4 Å². The fourth-order valence-electron chi connectivity index (χ4n) is 1.44. The standard InChI is InChI=1S/C12H10F3NO2/c1-3-18-11(17)9-4-7(2)8(6-16)5-10(9)12(13,14)15/h4-5H,3H2,1-2H3. The summed E-state index contributed by atoms with van der Waals surface area (Å²) >= 11 is 0. The molecule has 0 fully saturated rings. The van der Waals surface area contributed by atoms with Crippen LogP contribution in [0.3, 0.4) is 0 Å². The molecule has 1 aromatic rings. The summed E-state index contributed by atoms with van der Waals surface area (Å²) < 4.78 is 42.9. The zero-order valence-corrected chi connectivity index (χ0v) is 9.76. The maximum atomic E-state index is 12.8. The fourth-order valence-corrected chi connectivity index (χ4v) is 1.44. The number of hydrogen-bond donors (Lipinski definition) is 0. The Balaban J connectivity index is 3.45. The highest BCUT2D eigenvalue weighted by Gasteiger charge is 2.36. The Morgan fingerprint density at radius 3 is 2.50 bits per heavy atom. The average Bonchev–Trinajstić information content (AvgIpc) is 2.27. The van der Waals surface area contributed by atoms with E-state index >= 15 is 0 Å². The van der Waals surface area contributed by atoms with Crippen molar-refractivity contribution in [1.82, 2.24) is 0 Å². The van der Waals surface area contributed by atoms with Crippen molar-refractivity contribution in [3.8, 4) is 6.07 Å². The molecule has 0 aliphatic carbocycles. The molecule has 0 atom stereocenters. The number of alkyl halides is 3. The molecule has 0 aromatic heterocycles. The van der Waals surface area contributed by atoms with Crippen molar-refractivity contribution in [1.29, 1.82) is 5.26 Å². The van der Waals surface area contributed by atoms with Crippen LogP contribution in [-0.2, 0) is 10.9 Å². The number of benzene rings is 1. The van der Waals surface area contributed by atoms with E-state index in [9.17, 15) is 18.0 Å². The van der Waals surface area contributed by atoms with Gasteiger partial charge in [0.15, 0.2) is 0 Å². The lowest BCUT2D eigenvalue weighted by atomic mass is 9.99. The van der Waals surface area contributed by atoms with Gasteiger partial charge in [-0.3, -0.25) is 0 Å². The normalized spacial score (nSPS) is 10.9. The van der Waals surface area contributed by atoms with E-state index in [1.165, 1.54) is 13.8 Å². The SMILES string of the molecule is CCOC(=O)c1cc(C)c(C#N)cc1C(F)(F)F. The van der Waals surface area contributed by atoms with Crippen LogP contribution in [0.1, 0.15) is 34.0 Å². The van der Waals surface area contributed by atoms with Gasteiger partial charge < -0.3 is 4.74 Å². The van der Waals surface area contributed by atoms with E-state index in [4.69, 9.17) is 5.26 Å². The number of esters is 1. The number of nitriles is 1. The summed E-state index contributed by atoms with van der Waals surface area (Å²) in [5.41, 5.74) is -1.53. The van der Waals surface area contributed by atoms with E-state index in [2.05, 4.69) is 4.74 Å². The zero-order chi connectivity index (χ0) is 13.9. The van der Waals surface area contributed by atoms with Gasteiger partial charge in [-0.2, -0.15) is 18.4 Å². The van der Waals surface area contributed by atoms with E-state index in [0.717, 1.165) is 6.07 Å². The third-order valence-electron chi connectivity index (χ3n) is 2.29. The molecule has 0 amide bonds. The highest BCUT2D eigenvalue weighted by atomic mass is 19.4. The van der Waals surface area contributed by atoms with Crippen LogP contribution in [-0.4, -0.2) is 12.6 Å². The van der Waals surface area contributed by atoms with Gasteiger partial charge in [-0.25, -0.2) is 4.79 Å². The summed E-state index contributed by atoms with van der Waals surface area (Å²) in [7, 11) is 0. The first-order valence-electron chi connectivity index (χ1n) is 5.10. The van der Waals surface area contributed by atoms with Crippen LogP contribution >= 0.6 is 0 Å². The molecule has 0 unspecified atom stereocenters. The fraction of sp³-hybridized carbons (Fsp3) is 0.333. The predicted molar refractivity (Wildman–Crippen MR) is 56.9 cm³/mol. The minimum absolute atomic E-state index is 0.0187. The minimum atomic E-state index is -4.71. The molecule has 1 aromatic carbocycles. The number of carbonyl (C=O) groups excluding carboxylic acids is 1. The molecule has 0 bridgehead atoms. The highest BCUT2D eigenvalue weighted by molar-refractivity contribution is 5.92.